The molecule has 0 amide bonds. The number of aromatic amines is 1. The first kappa shape index (κ1) is 13.0. The molecule has 112 valence electrons. The first-order valence-corrected chi connectivity index (χ1v) is 6.63. The van der Waals surface area contributed by atoms with Crippen molar-refractivity contribution in [1.29, 1.82) is 0 Å². The number of rotatable bonds is 1. The van der Waals surface area contributed by atoms with Gasteiger partial charge >= 0.3 is 0 Å². The van der Waals surface area contributed by atoms with Crippen LogP contribution in [-0.4, -0.2) is 52.4 Å². The van der Waals surface area contributed by atoms with Crippen LogP contribution in [0.1, 0.15) is 13.2 Å². The molecule has 1 saturated carbocycles. The Hall–Kier alpha value is -1.68. The lowest BCUT2D eigenvalue weighted by atomic mass is 10.0. The van der Waals surface area contributed by atoms with Gasteiger partial charge in [-0.2, -0.15) is 4.98 Å². The van der Waals surface area contributed by atoms with Crippen molar-refractivity contribution in [3.63, 3.8) is 0 Å². The molecule has 9 nitrogen and oxygen atoms in total. The van der Waals surface area contributed by atoms with Crippen molar-refractivity contribution in [3.05, 3.63) is 16.7 Å². The van der Waals surface area contributed by atoms with Crippen LogP contribution in [0.2, 0.25) is 0 Å². The maximum absolute atomic E-state index is 11.8. The number of aliphatic hydroxyl groups excluding tert-OH is 1. The Morgan fingerprint density at radius 1 is 1.62 bits per heavy atom. The summed E-state index contributed by atoms with van der Waals surface area (Å²) in [6.45, 7) is 1.55. The third-order valence-electron chi connectivity index (χ3n) is 4.29. The number of aromatic nitrogens is 4. The highest BCUT2D eigenvalue weighted by Crippen LogP contribution is 2.62. The molecule has 0 aromatic carbocycles. The second kappa shape index (κ2) is 3.55. The van der Waals surface area contributed by atoms with Crippen LogP contribution in [0, 0.1) is 0 Å². The van der Waals surface area contributed by atoms with Gasteiger partial charge in [0.15, 0.2) is 17.4 Å². The third kappa shape index (κ3) is 1.34. The molecule has 2 aromatic rings. The number of ether oxygens (including phenoxy) is 1. The molecule has 5 N–H and O–H groups in total. The van der Waals surface area contributed by atoms with E-state index in [9.17, 15) is 15.0 Å². The van der Waals surface area contributed by atoms with Crippen LogP contribution in [-0.2, 0) is 4.74 Å². The predicted molar refractivity (Wildman–Crippen MR) is 71.7 cm³/mol. The molecule has 1 aliphatic heterocycles. The van der Waals surface area contributed by atoms with Gasteiger partial charge in [0.1, 0.15) is 22.7 Å². The highest BCUT2D eigenvalue weighted by atomic mass is 35.5. The maximum atomic E-state index is 11.8. The first-order chi connectivity index (χ1) is 9.78. The topological polar surface area (TPSA) is 139 Å². The zero-order valence-electron chi connectivity index (χ0n) is 10.8. The molecule has 21 heavy (non-hydrogen) atoms. The molecule has 4 rings (SSSR count). The largest absolute Gasteiger partial charge is 0.387 e. The number of aliphatic hydroxyl groups is 2. The number of nitrogens with one attached hydrogen (secondary N) is 1. The Bertz CT molecular complexity index is 817. The van der Waals surface area contributed by atoms with Crippen LogP contribution in [0.3, 0.4) is 0 Å². The number of H-pyrrole nitrogens is 1. The average Bonchev–Trinajstić information content (AvgIpc) is 2.73. The fourth-order valence-electron chi connectivity index (χ4n) is 2.98. The summed E-state index contributed by atoms with van der Waals surface area (Å²) in [5.41, 5.74) is 3.81. The number of nitrogens with zero attached hydrogens (tertiary/aromatic N) is 3. The van der Waals surface area contributed by atoms with E-state index in [4.69, 9.17) is 22.1 Å². The van der Waals surface area contributed by atoms with Crippen LogP contribution in [0.15, 0.2) is 11.1 Å². The van der Waals surface area contributed by atoms with Crippen LogP contribution in [0.25, 0.3) is 11.2 Å². The molecule has 2 fully saturated rings. The number of anilines is 1. The van der Waals surface area contributed by atoms with Crippen molar-refractivity contribution in [2.24, 2.45) is 0 Å². The molecule has 1 unspecified atom stereocenters. The molecular formula is C11H12ClN5O4. The Kier molecular flexibility index (Phi) is 2.20. The zero-order valence-corrected chi connectivity index (χ0v) is 11.6. The van der Waals surface area contributed by atoms with Crippen molar-refractivity contribution in [2.75, 3.05) is 5.73 Å². The van der Waals surface area contributed by atoms with Gasteiger partial charge in [0.2, 0.25) is 5.95 Å². The Morgan fingerprint density at radius 3 is 2.95 bits per heavy atom. The number of fused-ring (bicyclic) bond motifs is 2. The van der Waals surface area contributed by atoms with Gasteiger partial charge in [0, 0.05) is 0 Å². The lowest BCUT2D eigenvalue weighted by molar-refractivity contribution is -0.0326. The molecule has 1 aliphatic carbocycles. The first-order valence-electron chi connectivity index (χ1n) is 6.25. The lowest BCUT2D eigenvalue weighted by Gasteiger charge is -2.31. The summed E-state index contributed by atoms with van der Waals surface area (Å²) >= 11 is 6.40. The van der Waals surface area contributed by atoms with Crippen molar-refractivity contribution in [1.82, 2.24) is 19.5 Å². The molecule has 2 aromatic heterocycles. The SMILES string of the molecule is C[C@]1(Cl)[C@H](n2cnc3c(=O)[nH]c(N)nc32)O[C@@H]2C(O)[C@@]21O. The number of nitrogens with two attached hydrogens (primary N) is 1. The molecule has 0 spiro atoms. The van der Waals surface area contributed by atoms with Crippen molar-refractivity contribution >= 4 is 28.7 Å². The molecule has 5 atom stereocenters. The second-order valence-corrected chi connectivity index (χ2v) is 6.32. The highest BCUT2D eigenvalue weighted by Gasteiger charge is 2.81. The molecular weight excluding hydrogens is 302 g/mol. The van der Waals surface area contributed by atoms with Crippen LogP contribution < -0.4 is 11.3 Å². The number of imidazole rings is 1. The molecule has 2 aliphatic rings. The van der Waals surface area contributed by atoms with Crippen molar-refractivity contribution in [2.45, 2.75) is 35.8 Å². The number of hydrogen-bond donors (Lipinski definition) is 4. The van der Waals surface area contributed by atoms with Gasteiger partial charge in [0.05, 0.1) is 6.33 Å². The van der Waals surface area contributed by atoms with Crippen LogP contribution in [0.4, 0.5) is 5.95 Å². The van der Waals surface area contributed by atoms with Crippen molar-refractivity contribution in [3.8, 4) is 0 Å². The van der Waals surface area contributed by atoms with E-state index < -0.39 is 34.5 Å². The summed E-state index contributed by atoms with van der Waals surface area (Å²) in [6.07, 6.45) is -1.30. The Morgan fingerprint density at radius 2 is 2.33 bits per heavy atom. The van der Waals surface area contributed by atoms with Gasteiger partial charge in [0.25, 0.3) is 5.56 Å². The fraction of sp³-hybridized carbons (Fsp3) is 0.545. The smallest absolute Gasteiger partial charge is 0.280 e. The number of nitrogen functional groups attached to an aromatic ring is 1. The summed E-state index contributed by atoms with van der Waals surface area (Å²) in [6, 6.07) is 0. The predicted octanol–water partition coefficient (Wildman–Crippen LogP) is -1.30. The summed E-state index contributed by atoms with van der Waals surface area (Å²) in [5.74, 6) is -0.0626. The number of alkyl halides is 1. The molecule has 3 heterocycles. The monoisotopic (exact) mass is 313 g/mol. The molecule has 10 heteroatoms. The van der Waals surface area contributed by atoms with Gasteiger partial charge in [-0.25, -0.2) is 4.98 Å². The summed E-state index contributed by atoms with van der Waals surface area (Å²) < 4.78 is 7.03. The van der Waals surface area contributed by atoms with Gasteiger partial charge < -0.3 is 20.7 Å². The van der Waals surface area contributed by atoms with E-state index in [1.54, 1.807) is 6.92 Å². The zero-order chi connectivity index (χ0) is 15.2. The maximum Gasteiger partial charge on any atom is 0.280 e. The van der Waals surface area contributed by atoms with Gasteiger partial charge in [-0.1, -0.05) is 0 Å². The van der Waals surface area contributed by atoms with E-state index >= 15 is 0 Å². The normalized spacial score (nSPS) is 41.4. The molecule has 1 saturated heterocycles. The number of halogens is 1. The second-order valence-electron chi connectivity index (χ2n) is 5.53. The molecule has 0 bridgehead atoms. The van der Waals surface area contributed by atoms with E-state index in [2.05, 4.69) is 15.0 Å². The Labute approximate surface area is 122 Å². The number of hydrogen-bond acceptors (Lipinski definition) is 7. The fourth-order valence-corrected chi connectivity index (χ4v) is 3.35. The van der Waals surface area contributed by atoms with Gasteiger partial charge in [-0.3, -0.25) is 14.3 Å². The van der Waals surface area contributed by atoms with E-state index in [0.717, 1.165) is 0 Å². The highest BCUT2D eigenvalue weighted by molar-refractivity contribution is 6.25. The lowest BCUT2D eigenvalue weighted by Crippen LogP contribution is -2.43. The standard InChI is InChI=1S/C11H12ClN5O4/c1-10(12)8(21-5-4(18)11(5,10)20)17-2-14-3-6(17)15-9(13)16-7(3)19/h2,4-5,8,18,20H,1H3,(H3,13,15,16,19)/t4?,5-,8-,10+,11-/m1/s1. The van der Waals surface area contributed by atoms with Gasteiger partial charge in [-0.15, -0.1) is 11.6 Å². The van der Waals surface area contributed by atoms with Crippen LogP contribution >= 0.6 is 11.6 Å². The quantitative estimate of drug-likeness (QED) is 0.480. The minimum Gasteiger partial charge on any atom is -0.387 e. The summed E-state index contributed by atoms with van der Waals surface area (Å²) in [5, 5.41) is 20.0. The Balaban J connectivity index is 1.88. The van der Waals surface area contributed by atoms with Crippen LogP contribution in [0.5, 0.6) is 0 Å². The summed E-state index contributed by atoms with van der Waals surface area (Å²) in [4.78, 5) is 20.8. The minimum absolute atomic E-state index is 0.0626. The van der Waals surface area contributed by atoms with E-state index in [-0.39, 0.29) is 17.1 Å². The molecule has 0 radical (unpaired) electrons. The van der Waals surface area contributed by atoms with Crippen molar-refractivity contribution < 1.29 is 14.9 Å². The van der Waals surface area contributed by atoms with E-state index in [1.807, 2.05) is 0 Å². The third-order valence-corrected chi connectivity index (χ3v) is 4.78. The average molecular weight is 314 g/mol. The minimum atomic E-state index is -1.54. The van der Waals surface area contributed by atoms with E-state index in [0.29, 0.717) is 0 Å². The summed E-state index contributed by atoms with van der Waals surface area (Å²) in [7, 11) is 0. The van der Waals surface area contributed by atoms with Gasteiger partial charge in [-0.05, 0) is 6.92 Å². The van der Waals surface area contributed by atoms with E-state index in [1.165, 1.54) is 10.9 Å².